The van der Waals surface area contributed by atoms with Crippen LogP contribution in [0.15, 0.2) is 18.5 Å². The number of aromatic nitrogens is 2. The maximum Gasteiger partial charge on any atom is 0.0582 e. The number of aliphatic hydroxyl groups is 1. The van der Waals surface area contributed by atoms with Crippen LogP contribution in [0.3, 0.4) is 0 Å². The van der Waals surface area contributed by atoms with Crippen molar-refractivity contribution < 1.29 is 5.11 Å². The summed E-state index contributed by atoms with van der Waals surface area (Å²) < 4.78 is 1.87. The van der Waals surface area contributed by atoms with Crippen LogP contribution < -0.4 is 5.73 Å². The van der Waals surface area contributed by atoms with Gasteiger partial charge in [-0.15, -0.1) is 0 Å². The van der Waals surface area contributed by atoms with Gasteiger partial charge in [0.15, 0.2) is 0 Å². The molecule has 1 rings (SSSR count). The molecule has 4 nitrogen and oxygen atoms in total. The molecule has 1 aromatic rings. The van der Waals surface area contributed by atoms with Gasteiger partial charge in [0.2, 0.25) is 0 Å². The van der Waals surface area contributed by atoms with Gasteiger partial charge in [-0.3, -0.25) is 4.68 Å². The van der Waals surface area contributed by atoms with Crippen molar-refractivity contribution in [3.8, 4) is 0 Å². The highest BCUT2D eigenvalue weighted by Crippen LogP contribution is 1.96. The van der Waals surface area contributed by atoms with Crippen molar-refractivity contribution in [3.05, 3.63) is 18.5 Å². The summed E-state index contributed by atoms with van der Waals surface area (Å²) in [5.74, 6) is 0. The fourth-order valence-electron chi connectivity index (χ4n) is 1.04. The third-order valence-electron chi connectivity index (χ3n) is 1.76. The maximum absolute atomic E-state index is 8.64. The van der Waals surface area contributed by atoms with Crippen LogP contribution in [-0.4, -0.2) is 27.5 Å². The number of nitrogens with zero attached hydrogens (tertiary/aromatic N) is 2. The molecule has 0 saturated carbocycles. The molecule has 1 atom stereocenters. The van der Waals surface area contributed by atoms with Gasteiger partial charge in [0, 0.05) is 25.0 Å². The van der Waals surface area contributed by atoms with Crippen LogP contribution in [0.2, 0.25) is 0 Å². The molecule has 12 heavy (non-hydrogen) atoms. The maximum atomic E-state index is 8.64. The number of hydrogen-bond acceptors (Lipinski definition) is 3. The van der Waals surface area contributed by atoms with Gasteiger partial charge >= 0.3 is 0 Å². The first-order chi connectivity index (χ1) is 5.83. The Kier molecular flexibility index (Phi) is 3.76. The minimum atomic E-state index is -0.0828. The molecule has 68 valence electrons. The molecule has 4 heteroatoms. The Balaban J connectivity index is 2.11. The Bertz CT molecular complexity index is 198. The van der Waals surface area contributed by atoms with Crippen molar-refractivity contribution >= 4 is 0 Å². The smallest absolute Gasteiger partial charge is 0.0582 e. The van der Waals surface area contributed by atoms with E-state index >= 15 is 0 Å². The van der Waals surface area contributed by atoms with Crippen LogP contribution >= 0.6 is 0 Å². The molecule has 0 amide bonds. The van der Waals surface area contributed by atoms with E-state index in [9.17, 15) is 0 Å². The molecule has 0 aromatic carbocycles. The summed E-state index contributed by atoms with van der Waals surface area (Å²) in [6.45, 7) is 0.944. The van der Waals surface area contributed by atoms with Gasteiger partial charge in [-0.05, 0) is 18.9 Å². The Morgan fingerprint density at radius 1 is 1.58 bits per heavy atom. The molecule has 0 aliphatic carbocycles. The monoisotopic (exact) mass is 169 g/mol. The number of hydrogen-bond donors (Lipinski definition) is 2. The van der Waals surface area contributed by atoms with Crippen LogP contribution in [0.5, 0.6) is 0 Å². The lowest BCUT2D eigenvalue weighted by Crippen LogP contribution is -2.24. The molecule has 0 spiro atoms. The van der Waals surface area contributed by atoms with E-state index in [0.29, 0.717) is 0 Å². The summed E-state index contributed by atoms with van der Waals surface area (Å²) in [7, 11) is 0. The fraction of sp³-hybridized carbons (Fsp3) is 0.625. The molecule has 1 heterocycles. The second-order valence-electron chi connectivity index (χ2n) is 2.85. The number of rotatable bonds is 5. The second kappa shape index (κ2) is 4.90. The summed E-state index contributed by atoms with van der Waals surface area (Å²) in [5, 5.41) is 12.7. The topological polar surface area (TPSA) is 64.1 Å². The zero-order chi connectivity index (χ0) is 8.81. The van der Waals surface area contributed by atoms with Gasteiger partial charge in [-0.1, -0.05) is 0 Å². The summed E-state index contributed by atoms with van der Waals surface area (Å²) in [6, 6.07) is 1.81. The van der Waals surface area contributed by atoms with E-state index in [-0.39, 0.29) is 12.6 Å². The number of nitrogens with two attached hydrogens (primary N) is 1. The molecule has 0 bridgehead atoms. The lowest BCUT2D eigenvalue weighted by molar-refractivity contribution is 0.256. The average molecular weight is 169 g/mol. The third kappa shape index (κ3) is 3.02. The zero-order valence-corrected chi connectivity index (χ0v) is 7.06. The first-order valence-corrected chi connectivity index (χ1v) is 4.17. The Morgan fingerprint density at radius 3 is 3.00 bits per heavy atom. The Hall–Kier alpha value is -0.870. The zero-order valence-electron chi connectivity index (χ0n) is 7.06. The average Bonchev–Trinajstić information content (AvgIpc) is 2.57. The molecular weight excluding hydrogens is 154 g/mol. The lowest BCUT2D eigenvalue weighted by Gasteiger charge is -2.06. The van der Waals surface area contributed by atoms with E-state index in [4.69, 9.17) is 10.8 Å². The molecule has 1 unspecified atom stereocenters. The van der Waals surface area contributed by atoms with Gasteiger partial charge in [-0.2, -0.15) is 5.10 Å². The van der Waals surface area contributed by atoms with Crippen LogP contribution in [0.25, 0.3) is 0 Å². The normalized spacial score (nSPS) is 13.2. The molecule has 3 N–H and O–H groups in total. The quantitative estimate of drug-likeness (QED) is 0.651. The van der Waals surface area contributed by atoms with Crippen molar-refractivity contribution in [2.45, 2.75) is 25.4 Å². The van der Waals surface area contributed by atoms with Gasteiger partial charge in [0.1, 0.15) is 0 Å². The molecule has 0 fully saturated rings. The Morgan fingerprint density at radius 2 is 2.42 bits per heavy atom. The highest BCUT2D eigenvalue weighted by atomic mass is 16.3. The first kappa shape index (κ1) is 9.22. The number of aryl methyl sites for hydroxylation is 1. The SMILES string of the molecule is NC(CO)CCCn1cccn1. The van der Waals surface area contributed by atoms with E-state index in [1.807, 2.05) is 16.9 Å². The van der Waals surface area contributed by atoms with Crippen LogP contribution in [0.4, 0.5) is 0 Å². The van der Waals surface area contributed by atoms with Gasteiger partial charge < -0.3 is 10.8 Å². The van der Waals surface area contributed by atoms with Crippen molar-refractivity contribution in [1.82, 2.24) is 9.78 Å². The molecule has 0 aliphatic heterocycles. The van der Waals surface area contributed by atoms with E-state index in [2.05, 4.69) is 5.10 Å². The van der Waals surface area contributed by atoms with Crippen molar-refractivity contribution in [2.24, 2.45) is 5.73 Å². The molecule has 1 aromatic heterocycles. The van der Waals surface area contributed by atoms with E-state index in [0.717, 1.165) is 19.4 Å². The van der Waals surface area contributed by atoms with Crippen molar-refractivity contribution in [3.63, 3.8) is 0 Å². The van der Waals surface area contributed by atoms with Crippen LogP contribution in [-0.2, 0) is 6.54 Å². The van der Waals surface area contributed by atoms with Crippen LogP contribution in [0.1, 0.15) is 12.8 Å². The Labute approximate surface area is 72.0 Å². The largest absolute Gasteiger partial charge is 0.395 e. The highest BCUT2D eigenvalue weighted by Gasteiger charge is 1.99. The summed E-state index contributed by atoms with van der Waals surface area (Å²) >= 11 is 0. The summed E-state index contributed by atoms with van der Waals surface area (Å²) in [4.78, 5) is 0. The van der Waals surface area contributed by atoms with E-state index < -0.39 is 0 Å². The molecule has 0 saturated heterocycles. The molecular formula is C8H15N3O. The minimum Gasteiger partial charge on any atom is -0.395 e. The van der Waals surface area contributed by atoms with Crippen LogP contribution in [0, 0.1) is 0 Å². The lowest BCUT2D eigenvalue weighted by atomic mass is 10.2. The highest BCUT2D eigenvalue weighted by molar-refractivity contribution is 4.77. The van der Waals surface area contributed by atoms with Gasteiger partial charge in [0.25, 0.3) is 0 Å². The van der Waals surface area contributed by atoms with E-state index in [1.54, 1.807) is 6.20 Å². The summed E-state index contributed by atoms with van der Waals surface area (Å²) in [5.41, 5.74) is 5.53. The minimum absolute atomic E-state index is 0.0686. The molecule has 0 aliphatic rings. The summed E-state index contributed by atoms with van der Waals surface area (Å²) in [6.07, 6.45) is 5.48. The second-order valence-corrected chi connectivity index (χ2v) is 2.85. The van der Waals surface area contributed by atoms with Crippen molar-refractivity contribution in [2.75, 3.05) is 6.61 Å². The number of aliphatic hydroxyl groups excluding tert-OH is 1. The predicted octanol–water partition coefficient (Wildman–Crippen LogP) is -0.0171. The fourth-order valence-corrected chi connectivity index (χ4v) is 1.04. The van der Waals surface area contributed by atoms with Gasteiger partial charge in [-0.25, -0.2) is 0 Å². The van der Waals surface area contributed by atoms with E-state index in [1.165, 1.54) is 0 Å². The molecule has 0 radical (unpaired) electrons. The van der Waals surface area contributed by atoms with Gasteiger partial charge in [0.05, 0.1) is 6.61 Å². The standard InChI is InChI=1S/C8H15N3O/c9-8(7-12)3-1-5-11-6-2-4-10-11/h2,4,6,8,12H,1,3,5,7,9H2. The van der Waals surface area contributed by atoms with Crippen molar-refractivity contribution in [1.29, 1.82) is 0 Å². The third-order valence-corrected chi connectivity index (χ3v) is 1.76. The first-order valence-electron chi connectivity index (χ1n) is 4.17. The predicted molar refractivity (Wildman–Crippen MR) is 46.5 cm³/mol.